The second-order valence-corrected chi connectivity index (χ2v) is 8.72. The summed E-state index contributed by atoms with van der Waals surface area (Å²) in [6.45, 7) is 8.65. The number of ether oxygens (including phenoxy) is 2. The molecule has 0 bridgehead atoms. The number of benzene rings is 2. The van der Waals surface area contributed by atoms with Crippen molar-refractivity contribution in [1.29, 1.82) is 0 Å². The van der Waals surface area contributed by atoms with Crippen LogP contribution in [0.5, 0.6) is 5.75 Å². The number of hydrogen-bond acceptors (Lipinski definition) is 4. The Kier molecular flexibility index (Phi) is 11.1. The van der Waals surface area contributed by atoms with Crippen molar-refractivity contribution in [2.75, 3.05) is 51.0 Å². The van der Waals surface area contributed by atoms with Crippen molar-refractivity contribution >= 4 is 30.5 Å². The molecule has 2 aromatic rings. The molecular formula is C26H38Cl2N2O2. The van der Waals surface area contributed by atoms with E-state index in [-0.39, 0.29) is 30.2 Å². The van der Waals surface area contributed by atoms with Crippen LogP contribution >= 0.6 is 24.8 Å². The standard InChI is InChI=1S/C26H36N2O2.2ClH/c1-2-29-22-30-25-13-9-10-23(20-25)26(14-7-4-8-15-26)21-27-16-18-28(19-17-27)24-11-5-3-6-12-24;;/h3,5-6,9-13,20H,2,4,7-8,14-19,21-22H2,1H3;2*1H. The highest BCUT2D eigenvalue weighted by Gasteiger charge is 2.36. The van der Waals surface area contributed by atoms with Crippen LogP contribution in [0.15, 0.2) is 54.6 Å². The maximum atomic E-state index is 5.83. The van der Waals surface area contributed by atoms with E-state index >= 15 is 0 Å². The molecule has 1 aliphatic heterocycles. The largest absolute Gasteiger partial charge is 0.468 e. The molecule has 0 amide bonds. The molecule has 2 aromatic carbocycles. The van der Waals surface area contributed by atoms with Gasteiger partial charge in [-0.15, -0.1) is 24.8 Å². The molecule has 178 valence electrons. The Bertz CT molecular complexity index is 776. The van der Waals surface area contributed by atoms with Crippen molar-refractivity contribution in [3.63, 3.8) is 0 Å². The van der Waals surface area contributed by atoms with Crippen LogP contribution in [0, 0.1) is 0 Å². The van der Waals surface area contributed by atoms with Crippen LogP contribution in [-0.2, 0) is 10.2 Å². The van der Waals surface area contributed by atoms with Gasteiger partial charge in [-0.25, -0.2) is 0 Å². The molecule has 1 saturated carbocycles. The van der Waals surface area contributed by atoms with E-state index in [4.69, 9.17) is 9.47 Å². The highest BCUT2D eigenvalue weighted by atomic mass is 35.5. The molecule has 1 aliphatic carbocycles. The number of hydrogen-bond donors (Lipinski definition) is 0. The summed E-state index contributed by atoms with van der Waals surface area (Å²) in [4.78, 5) is 5.21. The fraction of sp³-hybridized carbons (Fsp3) is 0.538. The fourth-order valence-electron chi connectivity index (χ4n) is 5.11. The molecule has 2 aliphatic rings. The van der Waals surface area contributed by atoms with Gasteiger partial charge in [-0.3, -0.25) is 4.90 Å². The predicted octanol–water partition coefficient (Wildman–Crippen LogP) is 5.93. The summed E-state index contributed by atoms with van der Waals surface area (Å²) in [5.41, 5.74) is 3.04. The molecule has 4 rings (SSSR count). The van der Waals surface area contributed by atoms with Crippen molar-refractivity contribution in [3.8, 4) is 5.75 Å². The van der Waals surface area contributed by atoms with Crippen molar-refractivity contribution < 1.29 is 9.47 Å². The Morgan fingerprint density at radius 2 is 1.56 bits per heavy atom. The Hall–Kier alpha value is -1.46. The van der Waals surface area contributed by atoms with Crippen molar-refractivity contribution in [1.82, 2.24) is 4.90 Å². The molecule has 32 heavy (non-hydrogen) atoms. The van der Waals surface area contributed by atoms with Gasteiger partial charge in [-0.1, -0.05) is 49.6 Å². The predicted molar refractivity (Wildman–Crippen MR) is 138 cm³/mol. The Labute approximate surface area is 206 Å². The zero-order valence-electron chi connectivity index (χ0n) is 19.2. The van der Waals surface area contributed by atoms with Crippen molar-refractivity contribution in [2.24, 2.45) is 0 Å². The number of nitrogens with zero attached hydrogens (tertiary/aromatic N) is 2. The summed E-state index contributed by atoms with van der Waals surface area (Å²) in [6, 6.07) is 19.6. The molecule has 1 heterocycles. The second-order valence-electron chi connectivity index (χ2n) is 8.72. The van der Waals surface area contributed by atoms with E-state index in [1.54, 1.807) is 0 Å². The van der Waals surface area contributed by atoms with Gasteiger partial charge in [0.05, 0.1) is 0 Å². The number of anilines is 1. The van der Waals surface area contributed by atoms with Crippen LogP contribution in [0.2, 0.25) is 0 Å². The zero-order chi connectivity index (χ0) is 20.7. The Morgan fingerprint density at radius 3 is 2.25 bits per heavy atom. The maximum Gasteiger partial charge on any atom is 0.189 e. The summed E-state index contributed by atoms with van der Waals surface area (Å²) >= 11 is 0. The Morgan fingerprint density at radius 1 is 0.844 bits per heavy atom. The minimum Gasteiger partial charge on any atom is -0.468 e. The first-order valence-electron chi connectivity index (χ1n) is 11.6. The van der Waals surface area contributed by atoms with Gasteiger partial charge in [0, 0.05) is 50.4 Å². The smallest absolute Gasteiger partial charge is 0.189 e. The molecule has 0 radical (unpaired) electrons. The fourth-order valence-corrected chi connectivity index (χ4v) is 5.11. The molecule has 0 atom stereocenters. The van der Waals surface area contributed by atoms with Crippen LogP contribution in [-0.4, -0.2) is 51.0 Å². The van der Waals surface area contributed by atoms with Crippen LogP contribution in [0.4, 0.5) is 5.69 Å². The second kappa shape index (κ2) is 13.3. The van der Waals surface area contributed by atoms with Gasteiger partial charge in [0.1, 0.15) is 5.75 Å². The third-order valence-corrected chi connectivity index (χ3v) is 6.79. The number of rotatable bonds is 8. The highest BCUT2D eigenvalue weighted by Crippen LogP contribution is 2.41. The third-order valence-electron chi connectivity index (χ3n) is 6.79. The summed E-state index contributed by atoms with van der Waals surface area (Å²) in [6.07, 6.45) is 6.58. The lowest BCUT2D eigenvalue weighted by molar-refractivity contribution is 0.0222. The quantitative estimate of drug-likeness (QED) is 0.345. The zero-order valence-corrected chi connectivity index (χ0v) is 20.8. The monoisotopic (exact) mass is 480 g/mol. The van der Waals surface area contributed by atoms with E-state index < -0.39 is 0 Å². The summed E-state index contributed by atoms with van der Waals surface area (Å²) in [5.74, 6) is 0.930. The van der Waals surface area contributed by atoms with Gasteiger partial charge in [0.25, 0.3) is 0 Å². The molecule has 6 heteroatoms. The van der Waals surface area contributed by atoms with Gasteiger partial charge in [-0.2, -0.15) is 0 Å². The molecule has 2 fully saturated rings. The van der Waals surface area contributed by atoms with E-state index in [9.17, 15) is 0 Å². The minimum absolute atomic E-state index is 0. The van der Waals surface area contributed by atoms with Crippen LogP contribution in [0.25, 0.3) is 0 Å². The highest BCUT2D eigenvalue weighted by molar-refractivity contribution is 5.85. The maximum absolute atomic E-state index is 5.83. The van der Waals surface area contributed by atoms with E-state index in [2.05, 4.69) is 64.4 Å². The van der Waals surface area contributed by atoms with Gasteiger partial charge >= 0.3 is 0 Å². The van der Waals surface area contributed by atoms with Crippen LogP contribution in [0.3, 0.4) is 0 Å². The molecule has 0 spiro atoms. The minimum atomic E-state index is 0. The summed E-state index contributed by atoms with van der Waals surface area (Å²) in [7, 11) is 0. The molecule has 0 unspecified atom stereocenters. The lowest BCUT2D eigenvalue weighted by Crippen LogP contribution is -2.51. The molecular weight excluding hydrogens is 443 g/mol. The molecule has 0 N–H and O–H groups in total. The van der Waals surface area contributed by atoms with Crippen molar-refractivity contribution in [2.45, 2.75) is 44.4 Å². The first-order valence-corrected chi connectivity index (χ1v) is 11.6. The molecule has 1 saturated heterocycles. The van der Waals surface area contributed by atoms with Crippen molar-refractivity contribution in [3.05, 3.63) is 60.2 Å². The summed E-state index contributed by atoms with van der Waals surface area (Å²) in [5, 5.41) is 0. The van der Waals surface area contributed by atoms with E-state index in [0.717, 1.165) is 38.5 Å². The number of piperazine rings is 1. The van der Waals surface area contributed by atoms with E-state index in [0.29, 0.717) is 13.4 Å². The van der Waals surface area contributed by atoms with Gasteiger partial charge < -0.3 is 14.4 Å². The first kappa shape index (κ1) is 26.8. The number of para-hydroxylation sites is 1. The topological polar surface area (TPSA) is 24.9 Å². The molecule has 0 aromatic heterocycles. The van der Waals surface area contributed by atoms with Crippen LogP contribution < -0.4 is 9.64 Å². The molecule has 4 nitrogen and oxygen atoms in total. The third kappa shape index (κ3) is 6.77. The SMILES string of the molecule is CCOCOc1cccc(C2(CN3CCN(c4ccccc4)CC3)CCCCC2)c1.Cl.Cl. The number of halogens is 2. The summed E-state index contributed by atoms with van der Waals surface area (Å²) < 4.78 is 11.2. The average Bonchev–Trinajstić information content (AvgIpc) is 2.81. The average molecular weight is 482 g/mol. The van der Waals surface area contributed by atoms with E-state index in [1.165, 1.54) is 43.4 Å². The Balaban J connectivity index is 0.00000181. The van der Waals surface area contributed by atoms with Gasteiger partial charge in [-0.05, 0) is 49.6 Å². The first-order chi connectivity index (χ1) is 14.8. The van der Waals surface area contributed by atoms with Crippen LogP contribution in [0.1, 0.15) is 44.6 Å². The van der Waals surface area contributed by atoms with Gasteiger partial charge in [0.2, 0.25) is 0 Å². The normalized spacial score (nSPS) is 18.3. The lowest BCUT2D eigenvalue weighted by Gasteiger charge is -2.44. The van der Waals surface area contributed by atoms with E-state index in [1.807, 2.05) is 6.92 Å². The lowest BCUT2D eigenvalue weighted by atomic mass is 9.69. The van der Waals surface area contributed by atoms with Gasteiger partial charge in [0.15, 0.2) is 6.79 Å².